The van der Waals surface area contributed by atoms with Crippen molar-refractivity contribution in [3.05, 3.63) is 29.8 Å². The van der Waals surface area contributed by atoms with Crippen LogP contribution < -0.4 is 4.74 Å². The smallest absolute Gasteiger partial charge is 0.306 e. The van der Waals surface area contributed by atoms with E-state index in [1.807, 2.05) is 0 Å². The van der Waals surface area contributed by atoms with Gasteiger partial charge in [-0.05, 0) is 12.1 Å². The van der Waals surface area contributed by atoms with Crippen molar-refractivity contribution < 1.29 is 33.0 Å². The number of esters is 1. The van der Waals surface area contributed by atoms with Crippen molar-refractivity contribution in [3.63, 3.8) is 0 Å². The molecule has 0 unspecified atom stereocenters. The highest BCUT2D eigenvalue weighted by Crippen LogP contribution is 2.18. The van der Waals surface area contributed by atoms with Crippen LogP contribution in [0.25, 0.3) is 0 Å². The van der Waals surface area contributed by atoms with Gasteiger partial charge in [0, 0.05) is 0 Å². The molecule has 0 heterocycles. The lowest BCUT2D eigenvalue weighted by molar-refractivity contribution is -0.148. The Bertz CT molecular complexity index is 461. The number of carbonyl (C=O) groups is 2. The third-order valence-corrected chi connectivity index (χ3v) is 2.06. The second-order valence-electron chi connectivity index (χ2n) is 3.51. The number of ether oxygens (including phenoxy) is 2. The summed E-state index contributed by atoms with van der Waals surface area (Å²) < 4.78 is 35.4. The lowest BCUT2D eigenvalue weighted by Crippen LogP contribution is -2.13. The number of carboxylic acid groups (broad SMARTS) is 1. The molecule has 0 aliphatic carbocycles. The highest BCUT2D eigenvalue weighted by molar-refractivity contribution is 5.76. The van der Waals surface area contributed by atoms with Crippen molar-refractivity contribution in [2.24, 2.45) is 0 Å². The summed E-state index contributed by atoms with van der Waals surface area (Å²) in [6.45, 7) is -0.326. The van der Waals surface area contributed by atoms with Gasteiger partial charge in [-0.1, -0.05) is 6.07 Å². The van der Waals surface area contributed by atoms with Gasteiger partial charge in [-0.3, -0.25) is 9.59 Å². The van der Waals surface area contributed by atoms with Crippen molar-refractivity contribution in [3.8, 4) is 5.75 Å². The lowest BCUT2D eigenvalue weighted by Gasteiger charge is -2.08. The van der Waals surface area contributed by atoms with Gasteiger partial charge >= 0.3 is 11.9 Å². The maximum Gasteiger partial charge on any atom is 0.306 e. The van der Waals surface area contributed by atoms with E-state index in [2.05, 4.69) is 4.74 Å². The van der Waals surface area contributed by atoms with Gasteiger partial charge in [0.15, 0.2) is 11.6 Å². The predicted molar refractivity (Wildman–Crippen MR) is 59.7 cm³/mol. The average molecular weight is 274 g/mol. The van der Waals surface area contributed by atoms with Crippen molar-refractivity contribution >= 4 is 11.9 Å². The van der Waals surface area contributed by atoms with Crippen LogP contribution in [-0.2, 0) is 14.3 Å². The van der Waals surface area contributed by atoms with Gasteiger partial charge in [-0.15, -0.1) is 0 Å². The summed E-state index contributed by atoms with van der Waals surface area (Å²) in [5, 5.41) is 8.33. The molecule has 1 aromatic carbocycles. The molecule has 1 rings (SSSR count). The zero-order chi connectivity index (χ0) is 14.3. The monoisotopic (exact) mass is 274 g/mol. The first-order valence-corrected chi connectivity index (χ1v) is 5.45. The Hall–Kier alpha value is -2.18. The molecule has 0 fully saturated rings. The van der Waals surface area contributed by atoms with Gasteiger partial charge < -0.3 is 14.6 Å². The van der Waals surface area contributed by atoms with Crippen LogP contribution in [0.1, 0.15) is 12.8 Å². The van der Waals surface area contributed by atoms with Gasteiger partial charge in [0.1, 0.15) is 13.2 Å². The maximum atomic E-state index is 13.1. The number of benzene rings is 1. The fraction of sp³-hybridized carbons (Fsp3) is 0.333. The largest absolute Gasteiger partial charge is 0.487 e. The molecule has 0 aromatic heterocycles. The average Bonchev–Trinajstić information content (AvgIpc) is 2.37. The third-order valence-electron chi connectivity index (χ3n) is 2.06. The van der Waals surface area contributed by atoms with E-state index in [1.54, 1.807) is 0 Å². The SMILES string of the molecule is O=C(O)CCC(=O)OCCOc1cccc(F)c1F. The Labute approximate surface area is 107 Å². The number of halogens is 2. The Morgan fingerprint density at radius 2 is 1.89 bits per heavy atom. The van der Waals surface area contributed by atoms with E-state index in [0.29, 0.717) is 0 Å². The van der Waals surface area contributed by atoms with Gasteiger partial charge in [0.2, 0.25) is 5.82 Å². The fourth-order valence-corrected chi connectivity index (χ4v) is 1.18. The van der Waals surface area contributed by atoms with E-state index in [-0.39, 0.29) is 31.8 Å². The van der Waals surface area contributed by atoms with Crippen LogP contribution in [0.3, 0.4) is 0 Å². The number of rotatable bonds is 7. The van der Waals surface area contributed by atoms with Crippen LogP contribution in [0.5, 0.6) is 5.75 Å². The molecule has 0 amide bonds. The number of hydrogen-bond acceptors (Lipinski definition) is 4. The summed E-state index contributed by atoms with van der Waals surface area (Å²) in [5.41, 5.74) is 0. The van der Waals surface area contributed by atoms with Gasteiger partial charge in [0.05, 0.1) is 12.8 Å². The fourth-order valence-electron chi connectivity index (χ4n) is 1.18. The van der Waals surface area contributed by atoms with Crippen LogP contribution in [0.15, 0.2) is 18.2 Å². The lowest BCUT2D eigenvalue weighted by atomic mass is 10.3. The minimum atomic E-state index is -1.11. The first-order valence-electron chi connectivity index (χ1n) is 5.45. The van der Waals surface area contributed by atoms with Gasteiger partial charge in [0.25, 0.3) is 0 Å². The van der Waals surface area contributed by atoms with Crippen molar-refractivity contribution in [1.82, 2.24) is 0 Å². The highest BCUT2D eigenvalue weighted by atomic mass is 19.2. The molecule has 0 saturated heterocycles. The third kappa shape index (κ3) is 5.33. The van der Waals surface area contributed by atoms with E-state index in [9.17, 15) is 18.4 Å². The van der Waals surface area contributed by atoms with Crippen molar-refractivity contribution in [1.29, 1.82) is 0 Å². The molecular weight excluding hydrogens is 262 g/mol. The topological polar surface area (TPSA) is 72.8 Å². The number of hydrogen-bond donors (Lipinski definition) is 1. The normalized spacial score (nSPS) is 10.0. The molecular formula is C12H12F2O5. The number of carboxylic acids is 1. The summed E-state index contributed by atoms with van der Waals surface area (Å²) in [5.74, 6) is -4.21. The maximum absolute atomic E-state index is 13.1. The number of carbonyl (C=O) groups excluding carboxylic acids is 1. The van der Waals surface area contributed by atoms with Crippen LogP contribution in [0.4, 0.5) is 8.78 Å². The molecule has 0 spiro atoms. The van der Waals surface area contributed by atoms with Crippen LogP contribution in [0, 0.1) is 11.6 Å². The minimum Gasteiger partial charge on any atom is -0.487 e. The summed E-state index contributed by atoms with van der Waals surface area (Å²) in [4.78, 5) is 21.2. The molecule has 0 radical (unpaired) electrons. The molecule has 0 bridgehead atoms. The molecule has 1 aromatic rings. The second kappa shape index (κ2) is 7.30. The Morgan fingerprint density at radius 1 is 1.16 bits per heavy atom. The van der Waals surface area contributed by atoms with Crippen molar-refractivity contribution in [2.75, 3.05) is 13.2 Å². The van der Waals surface area contributed by atoms with E-state index in [4.69, 9.17) is 9.84 Å². The quantitative estimate of drug-likeness (QED) is 0.605. The predicted octanol–water partition coefficient (Wildman–Crippen LogP) is 1.75. The molecule has 1 N–H and O–H groups in total. The van der Waals surface area contributed by atoms with Crippen LogP contribution >= 0.6 is 0 Å². The molecule has 0 aliphatic heterocycles. The summed E-state index contributed by atoms with van der Waals surface area (Å²) in [7, 11) is 0. The summed E-state index contributed by atoms with van der Waals surface area (Å²) in [6.07, 6.45) is -0.568. The van der Waals surface area contributed by atoms with E-state index < -0.39 is 23.6 Å². The highest BCUT2D eigenvalue weighted by Gasteiger charge is 2.09. The Balaban J connectivity index is 2.25. The molecule has 104 valence electrons. The van der Waals surface area contributed by atoms with Gasteiger partial charge in [-0.2, -0.15) is 4.39 Å². The molecule has 5 nitrogen and oxygen atoms in total. The Morgan fingerprint density at radius 3 is 2.58 bits per heavy atom. The summed E-state index contributed by atoms with van der Waals surface area (Å²) >= 11 is 0. The first kappa shape index (κ1) is 14.9. The first-order chi connectivity index (χ1) is 9.00. The number of aliphatic carboxylic acids is 1. The standard InChI is InChI=1S/C12H12F2O5/c13-8-2-1-3-9(12(8)14)18-6-7-19-11(17)5-4-10(15)16/h1-3H,4-7H2,(H,15,16). The minimum absolute atomic E-state index is 0.154. The second-order valence-corrected chi connectivity index (χ2v) is 3.51. The van der Waals surface area contributed by atoms with E-state index >= 15 is 0 Å². The van der Waals surface area contributed by atoms with Crippen molar-refractivity contribution in [2.45, 2.75) is 12.8 Å². The summed E-state index contributed by atoms with van der Waals surface area (Å²) in [6, 6.07) is 3.48. The van der Waals surface area contributed by atoms with Gasteiger partial charge in [-0.25, -0.2) is 4.39 Å². The zero-order valence-electron chi connectivity index (χ0n) is 9.90. The molecule has 7 heteroatoms. The molecule has 0 atom stereocenters. The Kier molecular flexibility index (Phi) is 5.72. The van der Waals surface area contributed by atoms with Crippen LogP contribution in [-0.4, -0.2) is 30.3 Å². The molecule has 0 aliphatic rings. The van der Waals surface area contributed by atoms with E-state index in [1.165, 1.54) is 12.1 Å². The zero-order valence-corrected chi connectivity index (χ0v) is 9.90. The van der Waals surface area contributed by atoms with E-state index in [0.717, 1.165) is 6.07 Å². The van der Waals surface area contributed by atoms with Crippen LogP contribution in [0.2, 0.25) is 0 Å². The molecule has 19 heavy (non-hydrogen) atoms. The molecule has 0 saturated carbocycles.